The number of hydrogen-bond donors (Lipinski definition) is 2. The topological polar surface area (TPSA) is 71.1 Å². The minimum Gasteiger partial charge on any atom is -0.323 e. The van der Waals surface area contributed by atoms with Gasteiger partial charge in [-0.05, 0) is 34.1 Å². The van der Waals surface area contributed by atoms with Crippen LogP contribution in [0.2, 0.25) is 0 Å². The fourth-order valence-electron chi connectivity index (χ4n) is 1.59. The fourth-order valence-corrected chi connectivity index (χ4v) is 1.92. The number of anilines is 2. The van der Waals surface area contributed by atoms with Gasteiger partial charge in [-0.1, -0.05) is 18.2 Å². The fraction of sp³-hybridized carbons (Fsp3) is 0.0714. The maximum Gasteiger partial charge on any atom is 0.256 e. The van der Waals surface area contributed by atoms with Gasteiger partial charge >= 0.3 is 0 Å². The zero-order valence-corrected chi connectivity index (χ0v) is 12.3. The van der Waals surface area contributed by atoms with Gasteiger partial charge in [0.2, 0.25) is 5.91 Å². The Kier molecular flexibility index (Phi) is 4.47. The van der Waals surface area contributed by atoms with E-state index >= 15 is 0 Å². The van der Waals surface area contributed by atoms with Gasteiger partial charge in [0.25, 0.3) is 5.91 Å². The molecule has 0 atom stereocenters. The van der Waals surface area contributed by atoms with Crippen molar-refractivity contribution < 1.29 is 9.59 Å². The summed E-state index contributed by atoms with van der Waals surface area (Å²) in [5.41, 5.74) is 0.960. The first-order chi connectivity index (χ1) is 9.56. The lowest BCUT2D eigenvalue weighted by Crippen LogP contribution is -2.16. The lowest BCUT2D eigenvalue weighted by molar-refractivity contribution is -0.114. The number of amides is 2. The van der Waals surface area contributed by atoms with Gasteiger partial charge in [0.15, 0.2) is 5.82 Å². The van der Waals surface area contributed by atoms with E-state index in [1.807, 2.05) is 6.07 Å². The first-order valence-electron chi connectivity index (χ1n) is 5.86. The highest BCUT2D eigenvalue weighted by Gasteiger charge is 2.11. The number of pyridine rings is 1. The average molecular weight is 334 g/mol. The number of carbonyl (C=O) groups is 2. The molecule has 0 saturated heterocycles. The number of aromatic nitrogens is 1. The molecule has 102 valence electrons. The van der Waals surface area contributed by atoms with Gasteiger partial charge in [0, 0.05) is 23.2 Å². The van der Waals surface area contributed by atoms with E-state index in [-0.39, 0.29) is 11.8 Å². The summed E-state index contributed by atoms with van der Waals surface area (Å²) in [7, 11) is 0. The van der Waals surface area contributed by atoms with Gasteiger partial charge in [0.05, 0.1) is 5.69 Å². The monoisotopic (exact) mass is 333 g/mol. The van der Waals surface area contributed by atoms with Gasteiger partial charge in [-0.2, -0.15) is 0 Å². The second kappa shape index (κ2) is 6.29. The Labute approximate surface area is 124 Å². The molecule has 2 rings (SSSR count). The molecule has 0 aliphatic carbocycles. The SMILES string of the molecule is CC(=O)Nc1cc(Br)cnc1NC(=O)c1ccccc1. The number of nitrogens with zero attached hydrogens (tertiary/aromatic N) is 1. The molecule has 6 heteroatoms. The molecule has 1 aromatic carbocycles. The molecule has 0 bridgehead atoms. The van der Waals surface area contributed by atoms with Gasteiger partial charge < -0.3 is 10.6 Å². The number of nitrogens with one attached hydrogen (secondary N) is 2. The molecule has 2 amide bonds. The van der Waals surface area contributed by atoms with E-state index in [9.17, 15) is 9.59 Å². The first-order valence-corrected chi connectivity index (χ1v) is 6.65. The molecule has 0 radical (unpaired) electrons. The number of benzene rings is 1. The summed E-state index contributed by atoms with van der Waals surface area (Å²) in [6, 6.07) is 10.5. The Bertz CT molecular complexity index is 644. The van der Waals surface area contributed by atoms with Crippen LogP contribution in [0.1, 0.15) is 17.3 Å². The van der Waals surface area contributed by atoms with E-state index in [1.54, 1.807) is 36.5 Å². The zero-order valence-electron chi connectivity index (χ0n) is 10.7. The van der Waals surface area contributed by atoms with Crippen LogP contribution < -0.4 is 10.6 Å². The van der Waals surface area contributed by atoms with Crippen LogP contribution in [0, 0.1) is 0 Å². The Hall–Kier alpha value is -2.21. The summed E-state index contributed by atoms with van der Waals surface area (Å²) in [6.07, 6.45) is 1.55. The Morgan fingerprint density at radius 2 is 1.85 bits per heavy atom. The molecule has 1 aromatic heterocycles. The summed E-state index contributed by atoms with van der Waals surface area (Å²) < 4.78 is 0.707. The van der Waals surface area contributed by atoms with Crippen LogP contribution in [0.3, 0.4) is 0 Å². The van der Waals surface area contributed by atoms with Crippen molar-refractivity contribution in [1.82, 2.24) is 4.98 Å². The molecular weight excluding hydrogens is 322 g/mol. The highest BCUT2D eigenvalue weighted by Crippen LogP contribution is 2.23. The van der Waals surface area contributed by atoms with Crippen molar-refractivity contribution in [3.05, 3.63) is 52.6 Å². The van der Waals surface area contributed by atoms with E-state index < -0.39 is 0 Å². The molecule has 0 aliphatic heterocycles. The van der Waals surface area contributed by atoms with Crippen molar-refractivity contribution in [1.29, 1.82) is 0 Å². The highest BCUT2D eigenvalue weighted by atomic mass is 79.9. The molecule has 0 spiro atoms. The van der Waals surface area contributed by atoms with Crippen LogP contribution in [-0.2, 0) is 4.79 Å². The van der Waals surface area contributed by atoms with Crippen LogP contribution in [0.5, 0.6) is 0 Å². The largest absolute Gasteiger partial charge is 0.323 e. The average Bonchev–Trinajstić information content (AvgIpc) is 2.42. The molecule has 5 nitrogen and oxygen atoms in total. The normalized spacial score (nSPS) is 9.90. The Morgan fingerprint density at radius 3 is 2.50 bits per heavy atom. The maximum atomic E-state index is 12.1. The molecule has 20 heavy (non-hydrogen) atoms. The van der Waals surface area contributed by atoms with Crippen LogP contribution in [0.25, 0.3) is 0 Å². The van der Waals surface area contributed by atoms with Gasteiger partial charge in [0.1, 0.15) is 0 Å². The smallest absolute Gasteiger partial charge is 0.256 e. The molecule has 0 unspecified atom stereocenters. The van der Waals surface area contributed by atoms with Crippen molar-refractivity contribution >= 4 is 39.2 Å². The number of rotatable bonds is 3. The summed E-state index contributed by atoms with van der Waals surface area (Å²) in [6.45, 7) is 1.39. The minimum absolute atomic E-state index is 0.236. The molecule has 1 heterocycles. The summed E-state index contributed by atoms with van der Waals surface area (Å²) in [5.74, 6) is -0.218. The first kappa shape index (κ1) is 14.2. The summed E-state index contributed by atoms with van der Waals surface area (Å²) in [5, 5.41) is 5.30. The third-order valence-electron chi connectivity index (χ3n) is 2.43. The van der Waals surface area contributed by atoms with Crippen LogP contribution in [0.4, 0.5) is 11.5 Å². The number of carbonyl (C=O) groups excluding carboxylic acids is 2. The molecule has 0 fully saturated rings. The molecule has 0 saturated carbocycles. The zero-order chi connectivity index (χ0) is 14.5. The Balaban J connectivity index is 2.25. The standard InChI is InChI=1S/C14H12BrN3O2/c1-9(19)17-12-7-11(15)8-16-13(12)18-14(20)10-5-3-2-4-6-10/h2-8H,1H3,(H,17,19)(H,16,18,20). The van der Waals surface area contributed by atoms with Crippen LogP contribution in [-0.4, -0.2) is 16.8 Å². The van der Waals surface area contributed by atoms with E-state index in [1.165, 1.54) is 6.92 Å². The van der Waals surface area contributed by atoms with Crippen molar-refractivity contribution in [2.45, 2.75) is 6.92 Å². The van der Waals surface area contributed by atoms with Gasteiger partial charge in [-0.3, -0.25) is 9.59 Å². The molecule has 2 N–H and O–H groups in total. The maximum absolute atomic E-state index is 12.1. The van der Waals surface area contributed by atoms with Crippen molar-refractivity contribution in [2.75, 3.05) is 10.6 Å². The quantitative estimate of drug-likeness (QED) is 0.906. The number of hydrogen-bond acceptors (Lipinski definition) is 3. The third-order valence-corrected chi connectivity index (χ3v) is 2.87. The second-order valence-corrected chi connectivity index (χ2v) is 4.97. The van der Waals surface area contributed by atoms with Crippen molar-refractivity contribution in [3.63, 3.8) is 0 Å². The molecule has 2 aromatic rings. The summed E-state index contributed by atoms with van der Waals surface area (Å²) >= 11 is 3.27. The minimum atomic E-state index is -0.285. The van der Waals surface area contributed by atoms with Crippen molar-refractivity contribution in [2.24, 2.45) is 0 Å². The van der Waals surface area contributed by atoms with E-state index in [2.05, 4.69) is 31.5 Å². The van der Waals surface area contributed by atoms with Crippen LogP contribution in [0.15, 0.2) is 47.1 Å². The predicted octanol–water partition coefficient (Wildman–Crippen LogP) is 3.05. The highest BCUT2D eigenvalue weighted by molar-refractivity contribution is 9.10. The molecule has 0 aliphatic rings. The van der Waals surface area contributed by atoms with Crippen LogP contribution >= 0.6 is 15.9 Å². The lowest BCUT2D eigenvalue weighted by Gasteiger charge is -2.10. The van der Waals surface area contributed by atoms with E-state index in [0.29, 0.717) is 21.5 Å². The second-order valence-electron chi connectivity index (χ2n) is 4.05. The summed E-state index contributed by atoms with van der Waals surface area (Å²) in [4.78, 5) is 27.3. The lowest BCUT2D eigenvalue weighted by atomic mass is 10.2. The molecular formula is C14H12BrN3O2. The Morgan fingerprint density at radius 1 is 1.15 bits per heavy atom. The van der Waals surface area contributed by atoms with Crippen molar-refractivity contribution in [3.8, 4) is 0 Å². The van der Waals surface area contributed by atoms with Gasteiger partial charge in [-0.25, -0.2) is 4.98 Å². The van der Waals surface area contributed by atoms with E-state index in [4.69, 9.17) is 0 Å². The number of halogens is 1. The van der Waals surface area contributed by atoms with E-state index in [0.717, 1.165) is 0 Å². The third kappa shape index (κ3) is 3.64. The van der Waals surface area contributed by atoms with Gasteiger partial charge in [-0.15, -0.1) is 0 Å². The predicted molar refractivity (Wildman–Crippen MR) is 80.6 cm³/mol.